The van der Waals surface area contributed by atoms with E-state index < -0.39 is 10.4 Å². The van der Waals surface area contributed by atoms with Crippen LogP contribution in [0, 0.1) is 0 Å². The lowest BCUT2D eigenvalue weighted by atomic mass is 15.8. The topological polar surface area (TPSA) is 74.6 Å². The van der Waals surface area contributed by atoms with E-state index in [1.165, 1.54) is 0 Å². The van der Waals surface area contributed by atoms with Crippen molar-refractivity contribution in [3.8, 4) is 0 Å². The van der Waals surface area contributed by atoms with Gasteiger partial charge in [0.2, 0.25) is 0 Å². The fourth-order valence-corrected chi connectivity index (χ4v) is 0. The highest BCUT2D eigenvalue weighted by atomic mass is 35.5. The summed E-state index contributed by atoms with van der Waals surface area (Å²) in [4.78, 5) is 0. The number of hydrogen-bond acceptors (Lipinski definition) is 2. The molecule has 0 bridgehead atoms. The maximum atomic E-state index is 8.74. The second-order valence-corrected chi connectivity index (χ2v) is 1.34. The van der Waals surface area contributed by atoms with E-state index >= 15 is 0 Å². The van der Waals surface area contributed by atoms with Gasteiger partial charge in [-0.15, -0.1) is 49.6 Å². The minimum atomic E-state index is -4.67. The Morgan fingerprint density at radius 1 is 0.778 bits per heavy atom. The first kappa shape index (κ1) is 32.3. The SMILES string of the molecule is Cl.Cl.Cl.Cl.O=S(=O)(O)O. The molecule has 0 aliphatic rings. The molecule has 0 amide bonds. The summed E-state index contributed by atoms with van der Waals surface area (Å²) in [7, 11) is -4.67. The first-order chi connectivity index (χ1) is 2.00. The molecule has 0 saturated carbocycles. The zero-order chi connectivity index (χ0) is 4.50. The molecular formula is H6Cl4O4S. The highest BCUT2D eigenvalue weighted by Gasteiger charge is 1.84. The molecule has 0 fully saturated rings. The van der Waals surface area contributed by atoms with Crippen molar-refractivity contribution in [3.05, 3.63) is 0 Å². The maximum absolute atomic E-state index is 8.74. The number of halogens is 4. The molecule has 0 heterocycles. The molecule has 0 radical (unpaired) electrons. The Kier molecular flexibility index (Phi) is 42.3. The van der Waals surface area contributed by atoms with Crippen LogP contribution in [0.1, 0.15) is 0 Å². The smallest absolute Gasteiger partial charge is 0.264 e. The minimum Gasteiger partial charge on any atom is -0.264 e. The van der Waals surface area contributed by atoms with Crippen LogP contribution in [0.2, 0.25) is 0 Å². The summed E-state index contributed by atoms with van der Waals surface area (Å²) in [5, 5.41) is 0. The third-order valence-electron chi connectivity index (χ3n) is 0. The van der Waals surface area contributed by atoms with Crippen LogP contribution in [0.4, 0.5) is 0 Å². The summed E-state index contributed by atoms with van der Waals surface area (Å²) < 4.78 is 31.6. The molecule has 2 N–H and O–H groups in total. The van der Waals surface area contributed by atoms with E-state index in [-0.39, 0.29) is 49.6 Å². The maximum Gasteiger partial charge on any atom is 0.394 e. The van der Waals surface area contributed by atoms with Crippen molar-refractivity contribution >= 4 is 60.0 Å². The van der Waals surface area contributed by atoms with Gasteiger partial charge >= 0.3 is 10.4 Å². The second-order valence-electron chi connectivity index (χ2n) is 0.448. The van der Waals surface area contributed by atoms with E-state index in [9.17, 15) is 0 Å². The van der Waals surface area contributed by atoms with Crippen LogP contribution >= 0.6 is 49.6 Å². The molecule has 0 aromatic carbocycles. The van der Waals surface area contributed by atoms with Gasteiger partial charge in [0, 0.05) is 0 Å². The Morgan fingerprint density at radius 2 is 0.778 bits per heavy atom. The lowest BCUT2D eigenvalue weighted by molar-refractivity contribution is 0.381. The summed E-state index contributed by atoms with van der Waals surface area (Å²) in [5.74, 6) is 0. The predicted octanol–water partition coefficient (Wildman–Crippen LogP) is 1.03. The van der Waals surface area contributed by atoms with Gasteiger partial charge in [0.05, 0.1) is 0 Å². The molecular weight excluding hydrogens is 238 g/mol. The van der Waals surface area contributed by atoms with Crippen LogP contribution < -0.4 is 0 Å². The molecule has 0 aliphatic heterocycles. The quantitative estimate of drug-likeness (QED) is 0.624. The van der Waals surface area contributed by atoms with Gasteiger partial charge in [0.25, 0.3) is 0 Å². The normalized spacial score (nSPS) is 6.44. The van der Waals surface area contributed by atoms with E-state index in [2.05, 4.69) is 0 Å². The zero-order valence-corrected chi connectivity index (χ0v) is 7.83. The molecule has 4 nitrogen and oxygen atoms in total. The summed E-state index contributed by atoms with van der Waals surface area (Å²) in [6.45, 7) is 0. The Morgan fingerprint density at radius 3 is 0.778 bits per heavy atom. The van der Waals surface area contributed by atoms with Crippen molar-refractivity contribution in [1.29, 1.82) is 0 Å². The Balaban J connectivity index is -0.0000000133. The van der Waals surface area contributed by atoms with Crippen LogP contribution in [0.25, 0.3) is 0 Å². The van der Waals surface area contributed by atoms with Crippen LogP contribution in [0.5, 0.6) is 0 Å². The van der Waals surface area contributed by atoms with Crippen LogP contribution in [-0.4, -0.2) is 17.5 Å². The van der Waals surface area contributed by atoms with Gasteiger partial charge in [0.15, 0.2) is 0 Å². The molecule has 0 unspecified atom stereocenters. The molecule has 0 saturated heterocycles. The van der Waals surface area contributed by atoms with Crippen molar-refractivity contribution in [2.24, 2.45) is 0 Å². The third-order valence-corrected chi connectivity index (χ3v) is 0. The molecule has 0 atom stereocenters. The van der Waals surface area contributed by atoms with E-state index in [4.69, 9.17) is 17.5 Å². The summed E-state index contributed by atoms with van der Waals surface area (Å²) in [6.07, 6.45) is 0. The number of rotatable bonds is 0. The Labute approximate surface area is 77.6 Å². The molecule has 0 aliphatic carbocycles. The highest BCUT2D eigenvalue weighted by Crippen LogP contribution is 1.59. The van der Waals surface area contributed by atoms with Crippen molar-refractivity contribution < 1.29 is 17.5 Å². The van der Waals surface area contributed by atoms with Gasteiger partial charge in [-0.3, -0.25) is 9.11 Å². The van der Waals surface area contributed by atoms with E-state index in [0.29, 0.717) is 0 Å². The summed E-state index contributed by atoms with van der Waals surface area (Å²) >= 11 is 0. The first-order valence-corrected chi connectivity index (χ1v) is 2.10. The predicted molar refractivity (Wildman–Crippen MR) is 43.2 cm³/mol. The molecule has 0 aromatic rings. The molecule has 64 valence electrons. The highest BCUT2D eigenvalue weighted by molar-refractivity contribution is 7.79. The van der Waals surface area contributed by atoms with Gasteiger partial charge in [0.1, 0.15) is 0 Å². The summed E-state index contributed by atoms with van der Waals surface area (Å²) in [5.41, 5.74) is 0. The molecule has 0 aromatic heterocycles. The van der Waals surface area contributed by atoms with E-state index in [1.807, 2.05) is 0 Å². The largest absolute Gasteiger partial charge is 0.394 e. The first-order valence-electron chi connectivity index (χ1n) is 0.698. The van der Waals surface area contributed by atoms with Crippen molar-refractivity contribution in [1.82, 2.24) is 0 Å². The average Bonchev–Trinajstić information content (AvgIpc) is 0.722. The minimum absolute atomic E-state index is 0. The standard InChI is InChI=1S/4ClH.H2O4S/c;;;;1-5(2,3)4/h4*1H;(H2,1,2,3,4). The van der Waals surface area contributed by atoms with Crippen molar-refractivity contribution in [3.63, 3.8) is 0 Å². The monoisotopic (exact) mass is 242 g/mol. The fraction of sp³-hybridized carbons (Fsp3) is 0. The van der Waals surface area contributed by atoms with Gasteiger partial charge < -0.3 is 0 Å². The average molecular weight is 244 g/mol. The van der Waals surface area contributed by atoms with Crippen LogP contribution in [0.15, 0.2) is 0 Å². The zero-order valence-electron chi connectivity index (χ0n) is 3.75. The second kappa shape index (κ2) is 11.8. The van der Waals surface area contributed by atoms with Crippen molar-refractivity contribution in [2.45, 2.75) is 0 Å². The number of hydrogen-bond donors (Lipinski definition) is 2. The lowest BCUT2D eigenvalue weighted by Crippen LogP contribution is -1.89. The van der Waals surface area contributed by atoms with Crippen molar-refractivity contribution in [2.75, 3.05) is 0 Å². The fourth-order valence-electron chi connectivity index (χ4n) is 0. The van der Waals surface area contributed by atoms with E-state index in [0.717, 1.165) is 0 Å². The Hall–Kier alpha value is 1.03. The third kappa shape index (κ3) is 421. The molecule has 9 heavy (non-hydrogen) atoms. The van der Waals surface area contributed by atoms with Crippen LogP contribution in [0.3, 0.4) is 0 Å². The Bertz CT molecular complexity index is 95.7. The van der Waals surface area contributed by atoms with Crippen LogP contribution in [-0.2, 0) is 10.4 Å². The van der Waals surface area contributed by atoms with Gasteiger partial charge in [-0.2, -0.15) is 8.42 Å². The van der Waals surface area contributed by atoms with Gasteiger partial charge in [-0.05, 0) is 0 Å². The van der Waals surface area contributed by atoms with Gasteiger partial charge in [-0.1, -0.05) is 0 Å². The molecule has 9 heteroatoms. The lowest BCUT2D eigenvalue weighted by Gasteiger charge is -1.68. The van der Waals surface area contributed by atoms with Gasteiger partial charge in [-0.25, -0.2) is 0 Å². The molecule has 0 rings (SSSR count). The molecule has 0 spiro atoms. The summed E-state index contributed by atoms with van der Waals surface area (Å²) in [6, 6.07) is 0. The van der Waals surface area contributed by atoms with E-state index in [1.54, 1.807) is 0 Å².